The molecule has 0 unspecified atom stereocenters. The van der Waals surface area contributed by atoms with E-state index in [4.69, 9.17) is 5.84 Å². The minimum atomic E-state index is 0.663. The van der Waals surface area contributed by atoms with Crippen LogP contribution in [0.5, 0.6) is 0 Å². The molecule has 0 spiro atoms. The number of nitrogen functional groups attached to an aromatic ring is 1. The molecule has 5 heteroatoms. The zero-order chi connectivity index (χ0) is 13.1. The largest absolute Gasteiger partial charge is 0.308 e. The second-order valence-electron chi connectivity index (χ2n) is 4.16. The number of hydrogen-bond acceptors (Lipinski definition) is 5. The van der Waals surface area contributed by atoms with E-state index in [1.807, 2.05) is 19.9 Å². The monoisotopic (exact) mass is 243 g/mol. The van der Waals surface area contributed by atoms with Crippen LogP contribution in [0.4, 0.5) is 5.82 Å². The Kier molecular flexibility index (Phi) is 3.53. The Labute approximate surface area is 106 Å². The maximum absolute atomic E-state index is 5.50. The molecule has 18 heavy (non-hydrogen) atoms. The molecule has 0 amide bonds. The van der Waals surface area contributed by atoms with Gasteiger partial charge < -0.3 is 5.43 Å². The van der Waals surface area contributed by atoms with E-state index in [-0.39, 0.29) is 0 Å². The van der Waals surface area contributed by atoms with Gasteiger partial charge in [-0.05, 0) is 31.9 Å². The van der Waals surface area contributed by atoms with E-state index in [1.165, 1.54) is 0 Å². The normalized spacial score (nSPS) is 10.4. The number of rotatable bonds is 3. The van der Waals surface area contributed by atoms with Crippen LogP contribution in [0.2, 0.25) is 0 Å². The van der Waals surface area contributed by atoms with Crippen LogP contribution in [0.3, 0.4) is 0 Å². The molecule has 0 aliphatic rings. The van der Waals surface area contributed by atoms with Crippen molar-refractivity contribution in [3.05, 3.63) is 35.3 Å². The molecule has 3 N–H and O–H groups in total. The SMILES string of the molecule is CCc1nc(-c2cnccc2C)nc(NN)c1C. The molecular formula is C13H17N5. The fraction of sp³-hybridized carbons (Fsp3) is 0.308. The van der Waals surface area contributed by atoms with Crippen LogP contribution < -0.4 is 11.3 Å². The van der Waals surface area contributed by atoms with Crippen molar-refractivity contribution in [3.63, 3.8) is 0 Å². The predicted molar refractivity (Wildman–Crippen MR) is 71.9 cm³/mol. The molecule has 2 aromatic rings. The molecule has 0 aliphatic heterocycles. The lowest BCUT2D eigenvalue weighted by molar-refractivity contribution is 0.971. The van der Waals surface area contributed by atoms with E-state index < -0.39 is 0 Å². The van der Waals surface area contributed by atoms with Crippen LogP contribution in [0.15, 0.2) is 18.5 Å². The van der Waals surface area contributed by atoms with Crippen LogP contribution in [0.25, 0.3) is 11.4 Å². The number of nitrogens with two attached hydrogens (primary N) is 1. The fourth-order valence-electron chi connectivity index (χ4n) is 1.87. The van der Waals surface area contributed by atoms with Crippen LogP contribution >= 0.6 is 0 Å². The second kappa shape index (κ2) is 5.10. The molecule has 0 fully saturated rings. The Hall–Kier alpha value is -2.01. The third-order valence-electron chi connectivity index (χ3n) is 3.00. The average molecular weight is 243 g/mol. The van der Waals surface area contributed by atoms with Gasteiger partial charge in [0.15, 0.2) is 5.82 Å². The summed E-state index contributed by atoms with van der Waals surface area (Å²) in [5, 5.41) is 0. The smallest absolute Gasteiger partial charge is 0.163 e. The minimum absolute atomic E-state index is 0.663. The number of aromatic nitrogens is 3. The van der Waals surface area contributed by atoms with Gasteiger partial charge in [0.05, 0.1) is 0 Å². The van der Waals surface area contributed by atoms with Gasteiger partial charge in [-0.3, -0.25) is 4.98 Å². The van der Waals surface area contributed by atoms with Gasteiger partial charge in [-0.25, -0.2) is 15.8 Å². The van der Waals surface area contributed by atoms with Crippen molar-refractivity contribution < 1.29 is 0 Å². The molecule has 0 aliphatic carbocycles. The maximum Gasteiger partial charge on any atom is 0.163 e. The van der Waals surface area contributed by atoms with Gasteiger partial charge in [0.2, 0.25) is 0 Å². The summed E-state index contributed by atoms with van der Waals surface area (Å²) in [5.41, 5.74) is 6.65. The zero-order valence-electron chi connectivity index (χ0n) is 10.9. The molecule has 5 nitrogen and oxygen atoms in total. The number of hydrazine groups is 1. The summed E-state index contributed by atoms with van der Waals surface area (Å²) < 4.78 is 0. The van der Waals surface area contributed by atoms with E-state index >= 15 is 0 Å². The third kappa shape index (κ3) is 2.17. The molecule has 0 atom stereocenters. The first-order valence-electron chi connectivity index (χ1n) is 5.92. The summed E-state index contributed by atoms with van der Waals surface area (Å²) in [4.78, 5) is 13.2. The second-order valence-corrected chi connectivity index (χ2v) is 4.16. The summed E-state index contributed by atoms with van der Waals surface area (Å²) in [6, 6.07) is 1.94. The first-order valence-corrected chi connectivity index (χ1v) is 5.92. The van der Waals surface area contributed by atoms with E-state index in [1.54, 1.807) is 12.4 Å². The standard InChI is InChI=1S/C13H17N5/c1-4-11-9(3)12(18-14)17-13(16-11)10-7-15-6-5-8(10)2/h5-7H,4,14H2,1-3H3,(H,16,17,18). The number of anilines is 1. The summed E-state index contributed by atoms with van der Waals surface area (Å²) in [6.45, 7) is 6.05. The number of nitrogens with one attached hydrogen (secondary N) is 1. The Morgan fingerprint density at radius 3 is 2.67 bits per heavy atom. The maximum atomic E-state index is 5.50. The quantitative estimate of drug-likeness (QED) is 0.637. The molecule has 2 heterocycles. The highest BCUT2D eigenvalue weighted by molar-refractivity contribution is 5.61. The van der Waals surface area contributed by atoms with Crippen molar-refractivity contribution in [2.45, 2.75) is 27.2 Å². The van der Waals surface area contributed by atoms with Gasteiger partial charge in [0, 0.05) is 29.2 Å². The average Bonchev–Trinajstić information content (AvgIpc) is 2.40. The van der Waals surface area contributed by atoms with E-state index in [2.05, 4.69) is 27.3 Å². The molecule has 0 aromatic carbocycles. The van der Waals surface area contributed by atoms with Crippen molar-refractivity contribution in [2.24, 2.45) is 5.84 Å². The topological polar surface area (TPSA) is 76.7 Å². The molecule has 0 saturated heterocycles. The molecule has 0 bridgehead atoms. The molecule has 94 valence electrons. The summed E-state index contributed by atoms with van der Waals surface area (Å²) in [6.07, 6.45) is 4.38. The number of pyridine rings is 1. The highest BCUT2D eigenvalue weighted by Crippen LogP contribution is 2.23. The molecule has 0 radical (unpaired) electrons. The minimum Gasteiger partial charge on any atom is -0.308 e. The van der Waals surface area contributed by atoms with Gasteiger partial charge in [0.1, 0.15) is 5.82 Å². The van der Waals surface area contributed by atoms with Gasteiger partial charge in [-0.1, -0.05) is 6.92 Å². The predicted octanol–water partition coefficient (Wildman–Crippen LogP) is 2.00. The van der Waals surface area contributed by atoms with Crippen molar-refractivity contribution in [1.29, 1.82) is 0 Å². The fourth-order valence-corrected chi connectivity index (χ4v) is 1.87. The van der Waals surface area contributed by atoms with Crippen molar-refractivity contribution in [2.75, 3.05) is 5.43 Å². The lowest BCUT2D eigenvalue weighted by Gasteiger charge is -2.11. The lowest BCUT2D eigenvalue weighted by atomic mass is 10.1. The number of aryl methyl sites for hydroxylation is 2. The Morgan fingerprint density at radius 2 is 2.06 bits per heavy atom. The van der Waals surface area contributed by atoms with E-state index in [0.29, 0.717) is 11.6 Å². The van der Waals surface area contributed by atoms with Gasteiger partial charge in [0.25, 0.3) is 0 Å². The van der Waals surface area contributed by atoms with E-state index in [0.717, 1.165) is 28.8 Å². The van der Waals surface area contributed by atoms with Crippen molar-refractivity contribution >= 4 is 5.82 Å². The molecule has 2 aromatic heterocycles. The zero-order valence-corrected chi connectivity index (χ0v) is 10.9. The first-order chi connectivity index (χ1) is 8.67. The van der Waals surface area contributed by atoms with E-state index in [9.17, 15) is 0 Å². The number of hydrogen-bond donors (Lipinski definition) is 2. The summed E-state index contributed by atoms with van der Waals surface area (Å²) in [5.74, 6) is 6.83. The highest BCUT2D eigenvalue weighted by atomic mass is 15.3. The summed E-state index contributed by atoms with van der Waals surface area (Å²) >= 11 is 0. The van der Waals surface area contributed by atoms with Gasteiger partial charge in [-0.15, -0.1) is 0 Å². The third-order valence-corrected chi connectivity index (χ3v) is 3.00. The Morgan fingerprint density at radius 1 is 1.28 bits per heavy atom. The van der Waals surface area contributed by atoms with Crippen LogP contribution in [0.1, 0.15) is 23.7 Å². The Bertz CT molecular complexity index is 540. The van der Waals surface area contributed by atoms with Gasteiger partial charge in [-0.2, -0.15) is 0 Å². The molecular weight excluding hydrogens is 226 g/mol. The first kappa shape index (κ1) is 12.4. The van der Waals surface area contributed by atoms with Crippen LogP contribution in [-0.4, -0.2) is 15.0 Å². The highest BCUT2D eigenvalue weighted by Gasteiger charge is 2.11. The van der Waals surface area contributed by atoms with Crippen molar-refractivity contribution in [3.8, 4) is 11.4 Å². The van der Waals surface area contributed by atoms with Crippen molar-refractivity contribution in [1.82, 2.24) is 15.0 Å². The van der Waals surface area contributed by atoms with Gasteiger partial charge >= 0.3 is 0 Å². The Balaban J connectivity index is 2.62. The molecule has 2 rings (SSSR count). The van der Waals surface area contributed by atoms with Crippen LogP contribution in [0, 0.1) is 13.8 Å². The lowest BCUT2D eigenvalue weighted by Crippen LogP contribution is -2.13. The number of nitrogens with zero attached hydrogens (tertiary/aromatic N) is 3. The van der Waals surface area contributed by atoms with Crippen LogP contribution in [-0.2, 0) is 6.42 Å². The molecule has 0 saturated carbocycles. The summed E-state index contributed by atoms with van der Waals surface area (Å²) in [7, 11) is 0.